The van der Waals surface area contributed by atoms with Crippen LogP contribution in [0.5, 0.6) is 0 Å². The van der Waals surface area contributed by atoms with Crippen LogP contribution in [0.25, 0.3) is 5.69 Å². The van der Waals surface area contributed by atoms with Gasteiger partial charge in [0.2, 0.25) is 0 Å². The number of amidine groups is 1. The van der Waals surface area contributed by atoms with E-state index in [0.717, 1.165) is 0 Å². The number of halogens is 2. The lowest BCUT2D eigenvalue weighted by molar-refractivity contribution is 0.318. The van der Waals surface area contributed by atoms with Gasteiger partial charge in [-0.2, -0.15) is 5.10 Å². The molecule has 0 atom stereocenters. The number of benzene rings is 1. The van der Waals surface area contributed by atoms with Gasteiger partial charge in [0.25, 0.3) is 0 Å². The molecule has 0 aliphatic carbocycles. The molecule has 0 saturated carbocycles. The van der Waals surface area contributed by atoms with E-state index in [1.807, 2.05) is 0 Å². The summed E-state index contributed by atoms with van der Waals surface area (Å²) < 4.78 is 1.56. The third kappa shape index (κ3) is 2.27. The van der Waals surface area contributed by atoms with Crippen molar-refractivity contribution in [2.45, 2.75) is 6.92 Å². The van der Waals surface area contributed by atoms with Crippen LogP contribution in [-0.4, -0.2) is 20.8 Å². The van der Waals surface area contributed by atoms with Gasteiger partial charge in [0.1, 0.15) is 0 Å². The van der Waals surface area contributed by atoms with E-state index < -0.39 is 0 Å². The number of hydrogen-bond donors (Lipinski definition) is 2. The van der Waals surface area contributed by atoms with Crippen molar-refractivity contribution in [2.75, 3.05) is 0 Å². The zero-order valence-corrected chi connectivity index (χ0v) is 10.9. The van der Waals surface area contributed by atoms with Gasteiger partial charge in [0.15, 0.2) is 5.84 Å². The summed E-state index contributed by atoms with van der Waals surface area (Å²) in [7, 11) is 0. The predicted octanol–water partition coefficient (Wildman–Crippen LogP) is 2.58. The number of oxime groups is 1. The van der Waals surface area contributed by atoms with Crippen LogP contribution in [-0.2, 0) is 0 Å². The molecule has 0 aliphatic heterocycles. The Morgan fingerprint density at radius 2 is 2.17 bits per heavy atom. The van der Waals surface area contributed by atoms with Gasteiger partial charge in [0, 0.05) is 16.8 Å². The van der Waals surface area contributed by atoms with Crippen LogP contribution in [0.3, 0.4) is 0 Å². The molecule has 0 spiro atoms. The van der Waals surface area contributed by atoms with Crippen molar-refractivity contribution in [1.29, 1.82) is 0 Å². The molecule has 0 fully saturated rings. The Balaban J connectivity index is 2.63. The second kappa shape index (κ2) is 4.88. The van der Waals surface area contributed by atoms with Crippen LogP contribution in [0.1, 0.15) is 11.3 Å². The highest BCUT2D eigenvalue weighted by molar-refractivity contribution is 6.31. The van der Waals surface area contributed by atoms with Crippen LogP contribution in [0.15, 0.2) is 29.6 Å². The fourth-order valence-corrected chi connectivity index (χ4v) is 1.83. The van der Waals surface area contributed by atoms with Gasteiger partial charge in [-0.15, -0.1) is 0 Å². The smallest absolute Gasteiger partial charge is 0.172 e. The highest BCUT2D eigenvalue weighted by atomic mass is 35.5. The maximum atomic E-state index is 8.77. The van der Waals surface area contributed by atoms with E-state index in [1.54, 1.807) is 36.0 Å². The van der Waals surface area contributed by atoms with Crippen molar-refractivity contribution in [3.05, 3.63) is 45.7 Å². The van der Waals surface area contributed by atoms with Crippen molar-refractivity contribution >= 4 is 29.0 Å². The largest absolute Gasteiger partial charge is 0.409 e. The quantitative estimate of drug-likeness (QED) is 0.385. The lowest BCUT2D eigenvalue weighted by atomic mass is 10.1. The van der Waals surface area contributed by atoms with Gasteiger partial charge < -0.3 is 10.9 Å². The normalized spacial score (nSPS) is 11.8. The van der Waals surface area contributed by atoms with E-state index >= 15 is 0 Å². The Morgan fingerprint density at radius 1 is 1.44 bits per heavy atom. The second-order valence-electron chi connectivity index (χ2n) is 3.65. The molecule has 94 valence electrons. The monoisotopic (exact) mass is 284 g/mol. The van der Waals surface area contributed by atoms with Crippen LogP contribution >= 0.6 is 23.2 Å². The zero-order valence-electron chi connectivity index (χ0n) is 9.43. The van der Waals surface area contributed by atoms with Gasteiger partial charge in [-0.25, -0.2) is 4.68 Å². The summed E-state index contributed by atoms with van der Waals surface area (Å²) >= 11 is 11.8. The Labute approximate surface area is 113 Å². The molecular weight excluding hydrogens is 275 g/mol. The summed E-state index contributed by atoms with van der Waals surface area (Å²) in [5.74, 6) is -0.0447. The molecule has 7 heteroatoms. The van der Waals surface area contributed by atoms with Crippen molar-refractivity contribution in [3.8, 4) is 5.69 Å². The number of hydrogen-bond acceptors (Lipinski definition) is 3. The molecule has 0 radical (unpaired) electrons. The van der Waals surface area contributed by atoms with Crippen LogP contribution in [0.4, 0.5) is 0 Å². The summed E-state index contributed by atoms with van der Waals surface area (Å²) in [6.45, 7) is 1.79. The van der Waals surface area contributed by atoms with Crippen LogP contribution in [0.2, 0.25) is 10.0 Å². The number of aryl methyl sites for hydroxylation is 1. The molecule has 5 nitrogen and oxygen atoms in total. The average molecular weight is 285 g/mol. The molecule has 1 heterocycles. The van der Waals surface area contributed by atoms with Crippen LogP contribution < -0.4 is 5.73 Å². The average Bonchev–Trinajstić information content (AvgIpc) is 2.68. The lowest BCUT2D eigenvalue weighted by Crippen LogP contribution is -2.16. The summed E-state index contributed by atoms with van der Waals surface area (Å²) in [5, 5.41) is 17.0. The predicted molar refractivity (Wildman–Crippen MR) is 70.8 cm³/mol. The first-order valence-corrected chi connectivity index (χ1v) is 5.78. The van der Waals surface area contributed by atoms with Gasteiger partial charge >= 0.3 is 0 Å². The minimum atomic E-state index is -0.0447. The summed E-state index contributed by atoms with van der Waals surface area (Å²) in [5.41, 5.74) is 7.41. The van der Waals surface area contributed by atoms with E-state index in [1.165, 1.54) is 0 Å². The fraction of sp³-hybridized carbons (Fsp3) is 0.0909. The van der Waals surface area contributed by atoms with E-state index in [2.05, 4.69) is 10.3 Å². The van der Waals surface area contributed by atoms with Gasteiger partial charge in [-0.05, 0) is 25.1 Å². The van der Waals surface area contributed by atoms with Crippen molar-refractivity contribution in [2.24, 2.45) is 10.9 Å². The van der Waals surface area contributed by atoms with E-state index in [-0.39, 0.29) is 5.84 Å². The molecule has 0 unspecified atom stereocenters. The van der Waals surface area contributed by atoms with Crippen molar-refractivity contribution in [1.82, 2.24) is 9.78 Å². The third-order valence-electron chi connectivity index (χ3n) is 2.43. The summed E-state index contributed by atoms with van der Waals surface area (Å²) in [6, 6.07) is 5.01. The van der Waals surface area contributed by atoms with E-state index in [0.29, 0.717) is 27.0 Å². The number of nitrogens with two attached hydrogens (primary N) is 1. The number of aromatic nitrogens is 2. The molecule has 1 aromatic carbocycles. The van der Waals surface area contributed by atoms with Crippen molar-refractivity contribution < 1.29 is 5.21 Å². The molecule has 0 aliphatic rings. The summed E-state index contributed by atoms with van der Waals surface area (Å²) in [6.07, 6.45) is 1.65. The minimum absolute atomic E-state index is 0.0447. The molecule has 0 saturated heterocycles. The first kappa shape index (κ1) is 12.7. The molecule has 2 rings (SSSR count). The van der Waals surface area contributed by atoms with Crippen molar-refractivity contribution in [3.63, 3.8) is 0 Å². The standard InChI is InChI=1S/C11H10Cl2N4O/c1-6-9(13)5-17(15-6)10-3-2-7(12)4-8(10)11(14)16-18/h2-5,18H,1H3,(H2,14,16). The first-order chi connectivity index (χ1) is 8.52. The Bertz CT molecular complexity index is 602. The Kier molecular flexibility index (Phi) is 3.45. The molecule has 1 aromatic heterocycles. The van der Waals surface area contributed by atoms with E-state index in [9.17, 15) is 0 Å². The van der Waals surface area contributed by atoms with E-state index in [4.69, 9.17) is 34.1 Å². The summed E-state index contributed by atoms with van der Waals surface area (Å²) in [4.78, 5) is 0. The number of rotatable bonds is 2. The second-order valence-corrected chi connectivity index (χ2v) is 4.50. The fourth-order valence-electron chi connectivity index (χ4n) is 1.53. The SMILES string of the molecule is Cc1nn(-c2ccc(Cl)cc2C(N)=NO)cc1Cl. The molecule has 0 bridgehead atoms. The Hall–Kier alpha value is -1.72. The molecule has 2 aromatic rings. The maximum Gasteiger partial charge on any atom is 0.172 e. The highest BCUT2D eigenvalue weighted by Crippen LogP contribution is 2.22. The van der Waals surface area contributed by atoms with Crippen LogP contribution in [0, 0.1) is 6.92 Å². The Morgan fingerprint density at radius 3 is 2.72 bits per heavy atom. The minimum Gasteiger partial charge on any atom is -0.409 e. The van der Waals surface area contributed by atoms with Gasteiger partial charge in [-0.1, -0.05) is 28.4 Å². The first-order valence-electron chi connectivity index (χ1n) is 5.02. The van der Waals surface area contributed by atoms with Gasteiger partial charge in [-0.3, -0.25) is 0 Å². The molecule has 18 heavy (non-hydrogen) atoms. The number of nitrogens with zero attached hydrogens (tertiary/aromatic N) is 3. The molecule has 0 amide bonds. The third-order valence-corrected chi connectivity index (χ3v) is 3.03. The lowest BCUT2D eigenvalue weighted by Gasteiger charge is -2.08. The maximum absolute atomic E-state index is 8.77. The topological polar surface area (TPSA) is 76.4 Å². The molecular formula is C11H10Cl2N4O. The zero-order chi connectivity index (χ0) is 13.3. The molecule has 3 N–H and O–H groups in total. The van der Waals surface area contributed by atoms with Gasteiger partial charge in [0.05, 0.1) is 16.4 Å². The highest BCUT2D eigenvalue weighted by Gasteiger charge is 2.12.